The van der Waals surface area contributed by atoms with E-state index in [0.717, 1.165) is 5.56 Å². The lowest BCUT2D eigenvalue weighted by Gasteiger charge is -2.13. The van der Waals surface area contributed by atoms with Crippen LogP contribution in [0.5, 0.6) is 5.75 Å². The molecule has 0 aromatic heterocycles. The monoisotopic (exact) mass is 383 g/mol. The summed E-state index contributed by atoms with van der Waals surface area (Å²) in [5.74, 6) is -0.665. The van der Waals surface area contributed by atoms with Crippen molar-refractivity contribution >= 4 is 5.91 Å². The van der Waals surface area contributed by atoms with Crippen molar-refractivity contribution in [3.05, 3.63) is 101 Å². The van der Waals surface area contributed by atoms with Crippen LogP contribution in [0.25, 0.3) is 0 Å². The van der Waals surface area contributed by atoms with E-state index in [1.807, 2.05) is 0 Å². The van der Waals surface area contributed by atoms with Crippen molar-refractivity contribution in [1.29, 1.82) is 0 Å². The summed E-state index contributed by atoms with van der Waals surface area (Å²) in [7, 11) is 0. The highest BCUT2D eigenvalue weighted by Gasteiger charge is 2.12. The zero-order valence-electron chi connectivity index (χ0n) is 14.9. The first kappa shape index (κ1) is 19.5. The van der Waals surface area contributed by atoms with E-state index in [0.29, 0.717) is 16.9 Å². The predicted octanol–water partition coefficient (Wildman–Crippen LogP) is 4.01. The number of aliphatic hydroxyl groups excluding tert-OH is 1. The van der Waals surface area contributed by atoms with Crippen molar-refractivity contribution in [2.24, 2.45) is 0 Å². The topological polar surface area (TPSA) is 58.6 Å². The second kappa shape index (κ2) is 9.10. The molecule has 0 spiro atoms. The van der Waals surface area contributed by atoms with Gasteiger partial charge in [-0.1, -0.05) is 30.3 Å². The lowest BCUT2D eigenvalue weighted by atomic mass is 10.1. The Bertz CT molecular complexity index is 945. The summed E-state index contributed by atoms with van der Waals surface area (Å²) < 4.78 is 31.8. The maximum Gasteiger partial charge on any atom is 0.251 e. The number of carbonyl (C=O) groups excluding carboxylic acids is 1. The van der Waals surface area contributed by atoms with Gasteiger partial charge in [0, 0.05) is 12.1 Å². The summed E-state index contributed by atoms with van der Waals surface area (Å²) >= 11 is 0. The number of hydrogen-bond acceptors (Lipinski definition) is 3. The minimum atomic E-state index is -1.02. The Balaban J connectivity index is 1.56. The molecular formula is C22H19F2NO3. The van der Waals surface area contributed by atoms with Crippen molar-refractivity contribution in [3.63, 3.8) is 0 Å². The van der Waals surface area contributed by atoms with Crippen molar-refractivity contribution in [2.75, 3.05) is 6.54 Å². The number of amides is 1. The molecule has 4 nitrogen and oxygen atoms in total. The van der Waals surface area contributed by atoms with E-state index >= 15 is 0 Å². The fourth-order valence-corrected chi connectivity index (χ4v) is 2.60. The van der Waals surface area contributed by atoms with Gasteiger partial charge >= 0.3 is 0 Å². The number of halogens is 2. The van der Waals surface area contributed by atoms with Crippen molar-refractivity contribution in [1.82, 2.24) is 5.32 Å². The Kier molecular flexibility index (Phi) is 6.34. The molecule has 1 atom stereocenters. The summed E-state index contributed by atoms with van der Waals surface area (Å²) in [5.41, 5.74) is 1.55. The van der Waals surface area contributed by atoms with E-state index < -0.39 is 11.9 Å². The quantitative estimate of drug-likeness (QED) is 0.648. The maximum absolute atomic E-state index is 13.2. The van der Waals surface area contributed by atoms with Crippen LogP contribution < -0.4 is 10.1 Å². The number of hydrogen-bond donors (Lipinski definition) is 2. The summed E-state index contributed by atoms with van der Waals surface area (Å²) in [6.45, 7) is 0.187. The molecule has 0 fully saturated rings. The van der Waals surface area contributed by atoms with Crippen LogP contribution in [0.1, 0.15) is 27.6 Å². The average molecular weight is 383 g/mol. The molecule has 0 bridgehead atoms. The van der Waals surface area contributed by atoms with E-state index in [9.17, 15) is 18.7 Å². The van der Waals surface area contributed by atoms with E-state index in [1.165, 1.54) is 30.3 Å². The van der Waals surface area contributed by atoms with Gasteiger partial charge in [0.05, 0.1) is 6.10 Å². The highest BCUT2D eigenvalue weighted by molar-refractivity contribution is 5.94. The Labute approximate surface area is 161 Å². The zero-order valence-corrected chi connectivity index (χ0v) is 14.9. The number of aliphatic hydroxyl groups is 1. The fraction of sp³-hybridized carbons (Fsp3) is 0.136. The standard InChI is InChI=1S/C22H19F2NO3/c23-18-9-7-15(8-10-18)14-28-20-6-2-4-17(12-20)22(27)25-13-21(26)16-3-1-5-19(24)11-16/h1-12,21,26H,13-14H2,(H,25,27). The number of nitrogens with one attached hydrogen (secondary N) is 1. The van der Waals surface area contributed by atoms with Gasteiger partial charge in [-0.25, -0.2) is 8.78 Å². The first-order valence-corrected chi connectivity index (χ1v) is 8.70. The third-order valence-corrected chi connectivity index (χ3v) is 4.10. The largest absolute Gasteiger partial charge is 0.489 e. The number of rotatable bonds is 7. The van der Waals surface area contributed by atoms with Crippen LogP contribution in [0.15, 0.2) is 72.8 Å². The minimum Gasteiger partial charge on any atom is -0.489 e. The molecule has 28 heavy (non-hydrogen) atoms. The number of benzene rings is 3. The van der Waals surface area contributed by atoms with Crippen LogP contribution in [0.4, 0.5) is 8.78 Å². The number of ether oxygens (including phenoxy) is 1. The van der Waals surface area contributed by atoms with Gasteiger partial charge in [0.2, 0.25) is 0 Å². The van der Waals surface area contributed by atoms with Gasteiger partial charge in [0.15, 0.2) is 0 Å². The highest BCUT2D eigenvalue weighted by Crippen LogP contribution is 2.17. The second-order valence-corrected chi connectivity index (χ2v) is 6.22. The van der Waals surface area contributed by atoms with Crippen LogP contribution in [0.3, 0.4) is 0 Å². The SMILES string of the molecule is O=C(NCC(O)c1cccc(F)c1)c1cccc(OCc2ccc(F)cc2)c1. The molecule has 0 aliphatic heterocycles. The van der Waals surface area contributed by atoms with Crippen LogP contribution >= 0.6 is 0 Å². The molecule has 6 heteroatoms. The van der Waals surface area contributed by atoms with E-state index in [1.54, 1.807) is 42.5 Å². The lowest BCUT2D eigenvalue weighted by Crippen LogP contribution is -2.28. The average Bonchev–Trinajstić information content (AvgIpc) is 2.71. The normalized spacial score (nSPS) is 11.7. The molecule has 0 radical (unpaired) electrons. The molecule has 3 aromatic rings. The van der Waals surface area contributed by atoms with Gasteiger partial charge < -0.3 is 15.2 Å². The Morgan fingerprint density at radius 2 is 1.71 bits per heavy atom. The fourth-order valence-electron chi connectivity index (χ4n) is 2.60. The third-order valence-electron chi connectivity index (χ3n) is 4.10. The van der Waals surface area contributed by atoms with Crippen LogP contribution in [-0.2, 0) is 6.61 Å². The van der Waals surface area contributed by atoms with Gasteiger partial charge in [-0.2, -0.15) is 0 Å². The van der Waals surface area contributed by atoms with Crippen molar-refractivity contribution in [2.45, 2.75) is 12.7 Å². The zero-order chi connectivity index (χ0) is 19.9. The summed E-state index contributed by atoms with van der Waals surface area (Å²) in [4.78, 5) is 12.3. The summed E-state index contributed by atoms with van der Waals surface area (Å²) in [5, 5.41) is 12.7. The van der Waals surface area contributed by atoms with Crippen LogP contribution in [0.2, 0.25) is 0 Å². The Hall–Kier alpha value is -3.25. The molecule has 2 N–H and O–H groups in total. The van der Waals surface area contributed by atoms with Gasteiger partial charge in [0.1, 0.15) is 24.0 Å². The van der Waals surface area contributed by atoms with Crippen LogP contribution in [0, 0.1) is 11.6 Å². The third kappa shape index (κ3) is 5.37. The highest BCUT2D eigenvalue weighted by atomic mass is 19.1. The molecule has 0 heterocycles. The molecular weight excluding hydrogens is 364 g/mol. The molecule has 0 aliphatic carbocycles. The van der Waals surface area contributed by atoms with Gasteiger partial charge in [-0.05, 0) is 53.6 Å². The van der Waals surface area contributed by atoms with Crippen LogP contribution in [-0.4, -0.2) is 17.6 Å². The smallest absolute Gasteiger partial charge is 0.251 e. The minimum absolute atomic E-state index is 0.0526. The maximum atomic E-state index is 13.2. The molecule has 1 amide bonds. The first-order valence-electron chi connectivity index (χ1n) is 8.70. The Morgan fingerprint density at radius 3 is 2.46 bits per heavy atom. The second-order valence-electron chi connectivity index (χ2n) is 6.22. The van der Waals surface area contributed by atoms with Gasteiger partial charge in [-0.15, -0.1) is 0 Å². The van der Waals surface area contributed by atoms with Gasteiger partial charge in [-0.3, -0.25) is 4.79 Å². The van der Waals surface area contributed by atoms with Crippen molar-refractivity contribution in [3.8, 4) is 5.75 Å². The Morgan fingerprint density at radius 1 is 0.964 bits per heavy atom. The van der Waals surface area contributed by atoms with Crippen molar-refractivity contribution < 1.29 is 23.4 Å². The lowest BCUT2D eigenvalue weighted by molar-refractivity contribution is 0.0915. The van der Waals surface area contributed by atoms with E-state index in [2.05, 4.69) is 5.32 Å². The molecule has 3 rings (SSSR count). The molecule has 3 aromatic carbocycles. The molecule has 0 saturated carbocycles. The summed E-state index contributed by atoms with van der Waals surface area (Å²) in [6, 6.07) is 18.1. The number of carbonyl (C=O) groups is 1. The predicted molar refractivity (Wildman–Crippen MR) is 101 cm³/mol. The first-order chi connectivity index (χ1) is 13.5. The van der Waals surface area contributed by atoms with E-state index in [-0.39, 0.29) is 24.9 Å². The molecule has 1 unspecified atom stereocenters. The molecule has 144 valence electrons. The molecule has 0 saturated heterocycles. The van der Waals surface area contributed by atoms with Gasteiger partial charge in [0.25, 0.3) is 5.91 Å². The summed E-state index contributed by atoms with van der Waals surface area (Å²) in [6.07, 6.45) is -1.02. The van der Waals surface area contributed by atoms with E-state index in [4.69, 9.17) is 4.74 Å². The molecule has 0 aliphatic rings.